The molecule has 0 aromatic rings. The summed E-state index contributed by atoms with van der Waals surface area (Å²) in [4.78, 5) is 2.61. The summed E-state index contributed by atoms with van der Waals surface area (Å²) in [6.07, 6.45) is 4.12. The van der Waals surface area contributed by atoms with Gasteiger partial charge in [0.25, 0.3) is 0 Å². The van der Waals surface area contributed by atoms with Crippen LogP contribution in [0.2, 0.25) is 0 Å². The van der Waals surface area contributed by atoms with Crippen molar-refractivity contribution in [2.75, 3.05) is 26.2 Å². The van der Waals surface area contributed by atoms with Crippen molar-refractivity contribution < 1.29 is 0 Å². The summed E-state index contributed by atoms with van der Waals surface area (Å²) >= 11 is 0. The van der Waals surface area contributed by atoms with Crippen molar-refractivity contribution in [2.24, 2.45) is 23.0 Å². The fourth-order valence-electron chi connectivity index (χ4n) is 2.72. The smallest absolute Gasteiger partial charge is 0.00191 e. The first-order valence-electron chi connectivity index (χ1n) is 6.86. The Morgan fingerprint density at radius 3 is 2.50 bits per heavy atom. The molecule has 2 atom stereocenters. The minimum atomic E-state index is 0.482. The molecule has 0 radical (unpaired) electrons. The monoisotopic (exact) mass is 226 g/mol. The molecule has 1 fully saturated rings. The van der Waals surface area contributed by atoms with Crippen LogP contribution in [-0.4, -0.2) is 31.1 Å². The second-order valence-corrected chi connectivity index (χ2v) is 6.64. The summed E-state index contributed by atoms with van der Waals surface area (Å²) < 4.78 is 0. The van der Waals surface area contributed by atoms with E-state index in [2.05, 4.69) is 32.6 Å². The second kappa shape index (κ2) is 6.02. The SMILES string of the molecule is CC(CN)CN1CCCC(C(C)(C)C)CC1. The molecule has 1 saturated heterocycles. The Morgan fingerprint density at radius 1 is 1.25 bits per heavy atom. The van der Waals surface area contributed by atoms with E-state index in [-0.39, 0.29) is 0 Å². The lowest BCUT2D eigenvalue weighted by Crippen LogP contribution is -2.32. The average Bonchev–Trinajstić information content (AvgIpc) is 2.42. The first-order chi connectivity index (χ1) is 7.43. The third-order valence-electron chi connectivity index (χ3n) is 4.02. The van der Waals surface area contributed by atoms with Crippen molar-refractivity contribution in [1.29, 1.82) is 0 Å². The lowest BCUT2D eigenvalue weighted by molar-refractivity contribution is 0.202. The second-order valence-electron chi connectivity index (χ2n) is 6.64. The van der Waals surface area contributed by atoms with E-state index in [4.69, 9.17) is 5.73 Å². The molecular weight excluding hydrogens is 196 g/mol. The van der Waals surface area contributed by atoms with Gasteiger partial charge >= 0.3 is 0 Å². The molecule has 96 valence electrons. The van der Waals surface area contributed by atoms with E-state index >= 15 is 0 Å². The third kappa shape index (κ3) is 4.42. The van der Waals surface area contributed by atoms with Crippen LogP contribution in [0.5, 0.6) is 0 Å². The van der Waals surface area contributed by atoms with E-state index in [0.29, 0.717) is 11.3 Å². The molecule has 0 amide bonds. The Hall–Kier alpha value is -0.0800. The Morgan fingerprint density at radius 2 is 1.94 bits per heavy atom. The van der Waals surface area contributed by atoms with Gasteiger partial charge in [0.15, 0.2) is 0 Å². The lowest BCUT2D eigenvalue weighted by atomic mass is 9.77. The summed E-state index contributed by atoms with van der Waals surface area (Å²) in [6.45, 7) is 14.0. The maximum Gasteiger partial charge on any atom is 0.00191 e. The van der Waals surface area contributed by atoms with Gasteiger partial charge in [-0.05, 0) is 56.1 Å². The van der Waals surface area contributed by atoms with Crippen LogP contribution in [0.4, 0.5) is 0 Å². The summed E-state index contributed by atoms with van der Waals surface area (Å²) in [5.41, 5.74) is 6.18. The number of hydrogen-bond donors (Lipinski definition) is 1. The molecule has 0 aromatic heterocycles. The molecule has 0 aromatic carbocycles. The summed E-state index contributed by atoms with van der Waals surface area (Å²) in [5.74, 6) is 1.54. The van der Waals surface area contributed by atoms with Gasteiger partial charge in [-0.2, -0.15) is 0 Å². The molecule has 0 spiro atoms. The number of likely N-dealkylation sites (tertiary alicyclic amines) is 1. The van der Waals surface area contributed by atoms with Crippen LogP contribution in [0.1, 0.15) is 47.0 Å². The Labute approximate surface area is 102 Å². The highest BCUT2D eigenvalue weighted by atomic mass is 15.1. The molecule has 0 aliphatic carbocycles. The third-order valence-corrected chi connectivity index (χ3v) is 4.02. The highest BCUT2D eigenvalue weighted by Crippen LogP contribution is 2.34. The molecule has 2 heteroatoms. The molecule has 16 heavy (non-hydrogen) atoms. The van der Waals surface area contributed by atoms with E-state index in [0.717, 1.165) is 12.5 Å². The fraction of sp³-hybridized carbons (Fsp3) is 1.00. The highest BCUT2D eigenvalue weighted by Gasteiger charge is 2.27. The fourth-order valence-corrected chi connectivity index (χ4v) is 2.72. The van der Waals surface area contributed by atoms with Gasteiger partial charge in [0.2, 0.25) is 0 Å². The molecule has 2 nitrogen and oxygen atoms in total. The van der Waals surface area contributed by atoms with Crippen LogP contribution in [0.3, 0.4) is 0 Å². The highest BCUT2D eigenvalue weighted by molar-refractivity contribution is 4.79. The molecule has 2 unspecified atom stereocenters. The maximum absolute atomic E-state index is 5.70. The van der Waals surface area contributed by atoms with E-state index < -0.39 is 0 Å². The van der Waals surface area contributed by atoms with Gasteiger partial charge < -0.3 is 10.6 Å². The van der Waals surface area contributed by atoms with Crippen molar-refractivity contribution in [3.63, 3.8) is 0 Å². The molecule has 0 bridgehead atoms. The Kier molecular flexibility index (Phi) is 5.26. The van der Waals surface area contributed by atoms with Gasteiger partial charge in [0.1, 0.15) is 0 Å². The summed E-state index contributed by atoms with van der Waals surface area (Å²) in [7, 11) is 0. The predicted molar refractivity (Wildman–Crippen MR) is 71.5 cm³/mol. The maximum atomic E-state index is 5.70. The number of hydrogen-bond acceptors (Lipinski definition) is 2. The van der Waals surface area contributed by atoms with E-state index in [1.165, 1.54) is 38.9 Å². The van der Waals surface area contributed by atoms with Gasteiger partial charge in [-0.15, -0.1) is 0 Å². The largest absolute Gasteiger partial charge is 0.330 e. The summed E-state index contributed by atoms with van der Waals surface area (Å²) in [5, 5.41) is 0. The van der Waals surface area contributed by atoms with E-state index in [1.807, 2.05) is 0 Å². The van der Waals surface area contributed by atoms with Crippen LogP contribution in [0.25, 0.3) is 0 Å². The van der Waals surface area contributed by atoms with Crippen molar-refractivity contribution >= 4 is 0 Å². The molecular formula is C14H30N2. The van der Waals surface area contributed by atoms with Crippen LogP contribution < -0.4 is 5.73 Å². The van der Waals surface area contributed by atoms with Gasteiger partial charge in [0, 0.05) is 6.54 Å². The number of nitrogens with zero attached hydrogens (tertiary/aromatic N) is 1. The predicted octanol–water partition coefficient (Wildman–Crippen LogP) is 2.73. The normalized spacial score (nSPS) is 26.4. The first-order valence-corrected chi connectivity index (χ1v) is 6.86. The van der Waals surface area contributed by atoms with Crippen LogP contribution in [0, 0.1) is 17.3 Å². The molecule has 1 rings (SSSR count). The van der Waals surface area contributed by atoms with Gasteiger partial charge in [0.05, 0.1) is 0 Å². The number of nitrogens with two attached hydrogens (primary N) is 1. The lowest BCUT2D eigenvalue weighted by Gasteiger charge is -2.30. The molecule has 2 N–H and O–H groups in total. The Bertz CT molecular complexity index is 195. The summed E-state index contributed by atoms with van der Waals surface area (Å²) in [6, 6.07) is 0. The van der Waals surface area contributed by atoms with Gasteiger partial charge in [-0.25, -0.2) is 0 Å². The van der Waals surface area contributed by atoms with E-state index in [9.17, 15) is 0 Å². The average molecular weight is 226 g/mol. The topological polar surface area (TPSA) is 29.3 Å². The van der Waals surface area contributed by atoms with Crippen molar-refractivity contribution in [2.45, 2.75) is 47.0 Å². The zero-order valence-corrected chi connectivity index (χ0v) is 11.6. The zero-order chi connectivity index (χ0) is 12.2. The Balaban J connectivity index is 2.40. The molecule has 1 aliphatic heterocycles. The van der Waals surface area contributed by atoms with Crippen molar-refractivity contribution in [1.82, 2.24) is 4.90 Å². The van der Waals surface area contributed by atoms with Crippen LogP contribution >= 0.6 is 0 Å². The van der Waals surface area contributed by atoms with Crippen molar-refractivity contribution in [3.05, 3.63) is 0 Å². The van der Waals surface area contributed by atoms with Gasteiger partial charge in [-0.3, -0.25) is 0 Å². The standard InChI is InChI=1S/C14H30N2/c1-12(10-15)11-16-8-5-6-13(7-9-16)14(2,3)4/h12-13H,5-11,15H2,1-4H3. The molecule has 1 aliphatic rings. The van der Waals surface area contributed by atoms with Crippen LogP contribution in [-0.2, 0) is 0 Å². The van der Waals surface area contributed by atoms with Crippen molar-refractivity contribution in [3.8, 4) is 0 Å². The quantitative estimate of drug-likeness (QED) is 0.802. The van der Waals surface area contributed by atoms with Gasteiger partial charge in [-0.1, -0.05) is 27.7 Å². The van der Waals surface area contributed by atoms with E-state index in [1.54, 1.807) is 0 Å². The molecule has 1 heterocycles. The van der Waals surface area contributed by atoms with Crippen LogP contribution in [0.15, 0.2) is 0 Å². The molecule has 0 saturated carbocycles. The zero-order valence-electron chi connectivity index (χ0n) is 11.6. The number of rotatable bonds is 3. The minimum absolute atomic E-state index is 0.482. The first kappa shape index (κ1) is 14.0. The minimum Gasteiger partial charge on any atom is -0.330 e.